The number of esters is 1. The molecule has 29 heavy (non-hydrogen) atoms. The van der Waals surface area contributed by atoms with E-state index in [1.165, 1.54) is 14.0 Å². The molecule has 0 aliphatic heterocycles. The summed E-state index contributed by atoms with van der Waals surface area (Å²) in [7, 11) is 1.39. The molecular formula is C19H32N4O6. The van der Waals surface area contributed by atoms with Gasteiger partial charge in [-0.2, -0.15) is 0 Å². The molecule has 0 radical (unpaired) electrons. The van der Waals surface area contributed by atoms with Crippen LogP contribution < -0.4 is 10.6 Å². The molecule has 0 saturated carbocycles. The van der Waals surface area contributed by atoms with Crippen molar-refractivity contribution in [1.82, 2.24) is 15.5 Å². The molecule has 0 rings (SSSR count). The van der Waals surface area contributed by atoms with Crippen LogP contribution in [0.3, 0.4) is 0 Å². The Bertz CT molecular complexity index is 620. The van der Waals surface area contributed by atoms with Gasteiger partial charge in [0, 0.05) is 20.4 Å². The number of carbonyl (C=O) groups excluding carboxylic acids is 5. The van der Waals surface area contributed by atoms with Crippen molar-refractivity contribution in [3.05, 3.63) is 0 Å². The molecule has 0 aliphatic carbocycles. The molecule has 0 saturated heterocycles. The zero-order valence-corrected chi connectivity index (χ0v) is 17.7. The van der Waals surface area contributed by atoms with E-state index < -0.39 is 35.7 Å². The monoisotopic (exact) mass is 412 g/mol. The first kappa shape index (κ1) is 26.2. The third-order valence-electron chi connectivity index (χ3n) is 3.90. The average Bonchev–Trinajstić information content (AvgIpc) is 2.62. The van der Waals surface area contributed by atoms with Crippen molar-refractivity contribution < 1.29 is 28.7 Å². The van der Waals surface area contributed by atoms with Gasteiger partial charge < -0.3 is 25.7 Å². The number of Topliss-reactive ketones (excluding diaryl/α,β-unsaturated/α-hetero) is 1. The highest BCUT2D eigenvalue weighted by Crippen LogP contribution is 2.08. The zero-order valence-electron chi connectivity index (χ0n) is 17.7. The van der Waals surface area contributed by atoms with E-state index in [2.05, 4.69) is 10.6 Å². The van der Waals surface area contributed by atoms with Crippen LogP contribution >= 0.6 is 0 Å². The third kappa shape index (κ3) is 11.0. The molecule has 0 heterocycles. The Morgan fingerprint density at radius 3 is 2.21 bits per heavy atom. The van der Waals surface area contributed by atoms with E-state index >= 15 is 0 Å². The molecule has 0 aromatic heterocycles. The van der Waals surface area contributed by atoms with Gasteiger partial charge in [-0.05, 0) is 25.7 Å². The van der Waals surface area contributed by atoms with E-state index in [-0.39, 0.29) is 37.8 Å². The van der Waals surface area contributed by atoms with Gasteiger partial charge in [-0.15, -0.1) is 0 Å². The summed E-state index contributed by atoms with van der Waals surface area (Å²) in [5.41, 5.74) is 0. The molecule has 3 N–H and O–H groups in total. The second-order valence-electron chi connectivity index (χ2n) is 7.09. The minimum absolute atomic E-state index is 0.0412. The van der Waals surface area contributed by atoms with Gasteiger partial charge in [0.15, 0.2) is 5.78 Å². The van der Waals surface area contributed by atoms with Crippen LogP contribution in [0.25, 0.3) is 0 Å². The number of amides is 3. The Labute approximate surface area is 171 Å². The number of hydrogen-bond donors (Lipinski definition) is 3. The summed E-state index contributed by atoms with van der Waals surface area (Å²) in [6.07, 6.45) is 0.845. The number of nitrogens with one attached hydrogen (secondary N) is 3. The molecule has 0 bridgehead atoms. The number of ketones is 1. The average molecular weight is 412 g/mol. The van der Waals surface area contributed by atoms with Gasteiger partial charge in [0.25, 0.3) is 0 Å². The van der Waals surface area contributed by atoms with E-state index in [9.17, 15) is 24.0 Å². The fourth-order valence-electron chi connectivity index (χ4n) is 2.58. The van der Waals surface area contributed by atoms with E-state index in [1.807, 2.05) is 13.8 Å². The van der Waals surface area contributed by atoms with Crippen LogP contribution in [0.5, 0.6) is 0 Å². The summed E-state index contributed by atoms with van der Waals surface area (Å²) >= 11 is 0. The largest absolute Gasteiger partial charge is 0.465 e. The summed E-state index contributed by atoms with van der Waals surface area (Å²) in [5.74, 6) is -2.50. The molecule has 3 amide bonds. The van der Waals surface area contributed by atoms with Crippen molar-refractivity contribution >= 4 is 35.7 Å². The van der Waals surface area contributed by atoms with Crippen molar-refractivity contribution in [2.45, 2.75) is 59.0 Å². The van der Waals surface area contributed by atoms with Crippen LogP contribution in [0.2, 0.25) is 0 Å². The van der Waals surface area contributed by atoms with Gasteiger partial charge in [-0.25, -0.2) is 0 Å². The topological polar surface area (TPSA) is 146 Å². The Balaban J connectivity index is 5.35. The van der Waals surface area contributed by atoms with Crippen LogP contribution in [-0.2, 0) is 28.7 Å². The smallest absolute Gasteiger partial charge is 0.325 e. The first-order valence-electron chi connectivity index (χ1n) is 9.53. The molecule has 0 spiro atoms. The fraction of sp³-hybridized carbons (Fsp3) is 0.684. The Hall–Kier alpha value is -2.78. The van der Waals surface area contributed by atoms with Crippen LogP contribution in [0.15, 0.2) is 0 Å². The fourth-order valence-corrected chi connectivity index (χ4v) is 2.58. The van der Waals surface area contributed by atoms with Gasteiger partial charge in [0.1, 0.15) is 18.6 Å². The lowest BCUT2D eigenvalue weighted by Gasteiger charge is -2.26. The molecule has 2 atom stereocenters. The quantitative estimate of drug-likeness (QED) is 0.288. The summed E-state index contributed by atoms with van der Waals surface area (Å²) in [6, 6.07) is -1.93. The van der Waals surface area contributed by atoms with Crippen molar-refractivity contribution in [1.29, 1.82) is 5.41 Å². The standard InChI is InChI=1S/C19H32N4O6/c1-6-29-17(26)11-23(5)19(28)15(8-7-14(25)10-20)22-18(27)16(9-12(2)3)21-13(4)24/h10,12,15-16,20H,6-9,11H2,1-5H3,(H,21,24)(H,22,27)/t15-,16-/m0/s1. The molecule has 0 fully saturated rings. The number of ether oxygens (including phenoxy) is 1. The van der Waals surface area contributed by atoms with Crippen molar-refractivity contribution in [3.8, 4) is 0 Å². The number of carbonyl (C=O) groups is 5. The van der Waals surface area contributed by atoms with Crippen molar-refractivity contribution in [2.75, 3.05) is 20.2 Å². The number of rotatable bonds is 13. The highest BCUT2D eigenvalue weighted by atomic mass is 16.5. The maximum atomic E-state index is 12.7. The normalized spacial score (nSPS) is 12.5. The maximum absolute atomic E-state index is 12.7. The predicted molar refractivity (Wildman–Crippen MR) is 106 cm³/mol. The highest BCUT2D eigenvalue weighted by molar-refractivity contribution is 6.26. The molecule has 0 unspecified atom stereocenters. The summed E-state index contributed by atoms with van der Waals surface area (Å²) in [5, 5.41) is 12.1. The first-order valence-corrected chi connectivity index (χ1v) is 9.53. The van der Waals surface area contributed by atoms with E-state index in [0.29, 0.717) is 12.6 Å². The molecule has 164 valence electrons. The van der Waals surface area contributed by atoms with Crippen LogP contribution in [0.1, 0.15) is 47.0 Å². The molecule has 10 nitrogen and oxygen atoms in total. The lowest BCUT2D eigenvalue weighted by Crippen LogP contribution is -2.54. The van der Waals surface area contributed by atoms with E-state index in [0.717, 1.165) is 4.90 Å². The van der Waals surface area contributed by atoms with Crippen LogP contribution in [0.4, 0.5) is 0 Å². The van der Waals surface area contributed by atoms with Crippen molar-refractivity contribution in [2.24, 2.45) is 5.92 Å². The van der Waals surface area contributed by atoms with Gasteiger partial charge in [-0.3, -0.25) is 24.0 Å². The van der Waals surface area contributed by atoms with Gasteiger partial charge in [0.05, 0.1) is 12.8 Å². The van der Waals surface area contributed by atoms with Gasteiger partial charge in [0.2, 0.25) is 17.7 Å². The minimum atomic E-state index is -1.09. The van der Waals surface area contributed by atoms with E-state index in [1.54, 1.807) is 6.92 Å². The summed E-state index contributed by atoms with van der Waals surface area (Å²) in [4.78, 5) is 61.0. The van der Waals surface area contributed by atoms with Crippen LogP contribution in [-0.4, -0.2) is 72.9 Å². The first-order chi connectivity index (χ1) is 13.5. The predicted octanol–water partition coefficient (Wildman–Crippen LogP) is 0.0424. The lowest BCUT2D eigenvalue weighted by molar-refractivity contribution is -0.149. The molecular weight excluding hydrogens is 380 g/mol. The SMILES string of the molecule is CCOC(=O)CN(C)C(=O)[C@H](CCC(=O)C=N)NC(=O)[C@H](CC(C)C)NC(C)=O. The molecule has 10 heteroatoms. The van der Waals surface area contributed by atoms with Gasteiger partial charge in [-0.1, -0.05) is 13.8 Å². The second kappa shape index (κ2) is 13.4. The molecule has 0 aromatic rings. The molecule has 0 aliphatic rings. The lowest BCUT2D eigenvalue weighted by atomic mass is 10.0. The minimum Gasteiger partial charge on any atom is -0.465 e. The highest BCUT2D eigenvalue weighted by Gasteiger charge is 2.29. The van der Waals surface area contributed by atoms with Gasteiger partial charge >= 0.3 is 5.97 Å². The Morgan fingerprint density at radius 2 is 1.72 bits per heavy atom. The molecule has 0 aromatic carbocycles. The summed E-state index contributed by atoms with van der Waals surface area (Å²) < 4.78 is 4.81. The van der Waals surface area contributed by atoms with Crippen molar-refractivity contribution in [3.63, 3.8) is 0 Å². The number of nitrogens with zero attached hydrogens (tertiary/aromatic N) is 1. The zero-order chi connectivity index (χ0) is 22.6. The Morgan fingerprint density at radius 1 is 1.10 bits per heavy atom. The number of hydrogen-bond acceptors (Lipinski definition) is 7. The second-order valence-corrected chi connectivity index (χ2v) is 7.09. The third-order valence-corrected chi connectivity index (χ3v) is 3.90. The van der Waals surface area contributed by atoms with Crippen LogP contribution in [0, 0.1) is 11.3 Å². The summed E-state index contributed by atoms with van der Waals surface area (Å²) in [6.45, 7) is 6.57. The number of likely N-dealkylation sites (N-methyl/N-ethyl adjacent to an activating group) is 1. The maximum Gasteiger partial charge on any atom is 0.325 e. The van der Waals surface area contributed by atoms with E-state index in [4.69, 9.17) is 10.1 Å². The Kier molecular flexibility index (Phi) is 12.1.